The molecule has 0 atom stereocenters. The molecule has 10 heteroatoms. The van der Waals surface area contributed by atoms with Gasteiger partial charge in [0.05, 0.1) is 34.0 Å². The monoisotopic (exact) mass is 352 g/mol. The van der Waals surface area contributed by atoms with Gasteiger partial charge in [0.25, 0.3) is 5.69 Å². The molecule has 3 rings (SSSR count). The van der Waals surface area contributed by atoms with Crippen LogP contribution in [0.4, 0.5) is 17.1 Å². The second-order valence-corrected chi connectivity index (χ2v) is 5.15. The number of anilines is 1. The van der Waals surface area contributed by atoms with Gasteiger partial charge in [-0.3, -0.25) is 30.8 Å². The summed E-state index contributed by atoms with van der Waals surface area (Å²) >= 11 is 0. The molecule has 0 saturated carbocycles. The lowest BCUT2D eigenvalue weighted by molar-refractivity contribution is -0.393. The number of nitro benzene ring substituents is 2. The first-order valence-corrected chi connectivity index (χ1v) is 7.37. The van der Waals surface area contributed by atoms with Crippen LogP contribution in [0.3, 0.4) is 0 Å². The average Bonchev–Trinajstić information content (AvgIpc) is 3.11. The van der Waals surface area contributed by atoms with Crippen LogP contribution < -0.4 is 5.43 Å². The van der Waals surface area contributed by atoms with Crippen LogP contribution in [0.25, 0.3) is 11.3 Å². The van der Waals surface area contributed by atoms with Gasteiger partial charge in [-0.1, -0.05) is 30.3 Å². The van der Waals surface area contributed by atoms with Crippen molar-refractivity contribution >= 4 is 23.3 Å². The number of non-ortho nitro benzene ring substituents is 1. The summed E-state index contributed by atoms with van der Waals surface area (Å²) in [6, 6.07) is 12.7. The van der Waals surface area contributed by atoms with E-state index in [1.165, 1.54) is 12.3 Å². The number of hydrogen-bond acceptors (Lipinski definition) is 7. The molecule has 26 heavy (non-hydrogen) atoms. The number of nitro groups is 2. The highest BCUT2D eigenvalue weighted by molar-refractivity contribution is 5.89. The molecule has 1 heterocycles. The average molecular weight is 352 g/mol. The molecule has 10 nitrogen and oxygen atoms in total. The minimum absolute atomic E-state index is 0.0432. The SMILES string of the molecule is O=[N+]([O-])c1ccc(NN=Cc2cn[nH]c2-c2ccccc2)c([N+](=O)[O-])c1. The third-order valence-electron chi connectivity index (χ3n) is 3.51. The molecule has 0 aliphatic heterocycles. The van der Waals surface area contributed by atoms with E-state index in [0.29, 0.717) is 5.56 Å². The molecule has 2 aromatic carbocycles. The highest BCUT2D eigenvalue weighted by Crippen LogP contribution is 2.29. The number of aromatic nitrogens is 2. The van der Waals surface area contributed by atoms with Gasteiger partial charge in [-0.2, -0.15) is 10.2 Å². The van der Waals surface area contributed by atoms with Gasteiger partial charge in [-0.15, -0.1) is 0 Å². The summed E-state index contributed by atoms with van der Waals surface area (Å²) in [6.07, 6.45) is 3.02. The largest absolute Gasteiger partial charge is 0.301 e. The van der Waals surface area contributed by atoms with Crippen molar-refractivity contribution in [3.05, 3.63) is 80.5 Å². The van der Waals surface area contributed by atoms with E-state index in [0.717, 1.165) is 23.4 Å². The van der Waals surface area contributed by atoms with Gasteiger partial charge in [0.1, 0.15) is 5.69 Å². The smallest absolute Gasteiger partial charge is 0.277 e. The summed E-state index contributed by atoms with van der Waals surface area (Å²) < 4.78 is 0. The standard InChI is InChI=1S/C16H12N6O4/c23-21(24)13-6-7-14(15(8-13)22(25)26)19-17-9-12-10-18-20-16(12)11-4-2-1-3-5-11/h1-10,19H,(H,18,20). The molecule has 0 bridgehead atoms. The number of nitrogens with one attached hydrogen (secondary N) is 2. The van der Waals surface area contributed by atoms with Crippen molar-refractivity contribution < 1.29 is 9.85 Å². The van der Waals surface area contributed by atoms with Crippen LogP contribution in [0.2, 0.25) is 0 Å². The minimum atomic E-state index is -0.710. The molecule has 0 spiro atoms. The van der Waals surface area contributed by atoms with E-state index in [4.69, 9.17) is 0 Å². The van der Waals surface area contributed by atoms with E-state index >= 15 is 0 Å². The summed E-state index contributed by atoms with van der Waals surface area (Å²) in [6.45, 7) is 0. The van der Waals surface area contributed by atoms with Gasteiger partial charge in [0, 0.05) is 17.2 Å². The number of nitrogens with zero attached hydrogens (tertiary/aromatic N) is 4. The lowest BCUT2D eigenvalue weighted by Crippen LogP contribution is -1.98. The number of hydrazone groups is 1. The van der Waals surface area contributed by atoms with Gasteiger partial charge in [0.15, 0.2) is 0 Å². The summed E-state index contributed by atoms with van der Waals surface area (Å²) in [4.78, 5) is 20.4. The van der Waals surface area contributed by atoms with E-state index in [9.17, 15) is 20.2 Å². The molecule has 0 fully saturated rings. The molecule has 2 N–H and O–H groups in total. The van der Waals surface area contributed by atoms with Crippen LogP contribution >= 0.6 is 0 Å². The minimum Gasteiger partial charge on any atom is -0.277 e. The Balaban J connectivity index is 1.83. The lowest BCUT2D eigenvalue weighted by atomic mass is 10.1. The van der Waals surface area contributed by atoms with Crippen molar-refractivity contribution in [2.45, 2.75) is 0 Å². The lowest BCUT2D eigenvalue weighted by Gasteiger charge is -2.02. The number of H-pyrrole nitrogens is 1. The fourth-order valence-electron chi connectivity index (χ4n) is 2.28. The van der Waals surface area contributed by atoms with Gasteiger partial charge < -0.3 is 0 Å². The first-order chi connectivity index (χ1) is 12.6. The van der Waals surface area contributed by atoms with E-state index in [2.05, 4.69) is 20.7 Å². The Bertz CT molecular complexity index is 983. The zero-order chi connectivity index (χ0) is 18.5. The number of aromatic amines is 1. The molecule has 0 unspecified atom stereocenters. The van der Waals surface area contributed by atoms with Gasteiger partial charge in [0.2, 0.25) is 0 Å². The molecular formula is C16H12N6O4. The molecule has 130 valence electrons. The maximum absolute atomic E-state index is 11.1. The topological polar surface area (TPSA) is 139 Å². The van der Waals surface area contributed by atoms with Crippen LogP contribution in [-0.4, -0.2) is 26.3 Å². The Morgan fingerprint density at radius 1 is 1.08 bits per heavy atom. The fraction of sp³-hybridized carbons (Fsp3) is 0. The fourth-order valence-corrected chi connectivity index (χ4v) is 2.28. The number of benzene rings is 2. The van der Waals surface area contributed by atoms with Gasteiger partial charge in [-0.05, 0) is 6.07 Å². The van der Waals surface area contributed by atoms with Crippen molar-refractivity contribution in [3.8, 4) is 11.3 Å². The predicted molar refractivity (Wildman–Crippen MR) is 95.0 cm³/mol. The maximum Gasteiger partial charge on any atom is 0.301 e. The normalized spacial score (nSPS) is 10.8. The highest BCUT2D eigenvalue weighted by atomic mass is 16.6. The van der Waals surface area contributed by atoms with Crippen LogP contribution in [0, 0.1) is 20.2 Å². The summed E-state index contributed by atoms with van der Waals surface area (Å²) in [5.74, 6) is 0. The van der Waals surface area contributed by atoms with Crippen molar-refractivity contribution in [1.29, 1.82) is 0 Å². The molecule has 0 radical (unpaired) electrons. The number of rotatable bonds is 6. The third kappa shape index (κ3) is 3.53. The quantitative estimate of drug-likeness (QED) is 0.396. The van der Waals surface area contributed by atoms with Crippen LogP contribution in [0.15, 0.2) is 59.8 Å². The molecule has 0 saturated heterocycles. The number of hydrogen-bond donors (Lipinski definition) is 2. The third-order valence-corrected chi connectivity index (χ3v) is 3.51. The van der Waals surface area contributed by atoms with E-state index < -0.39 is 15.5 Å². The maximum atomic E-state index is 11.1. The van der Waals surface area contributed by atoms with E-state index in [-0.39, 0.29) is 11.4 Å². The first-order valence-electron chi connectivity index (χ1n) is 7.37. The molecular weight excluding hydrogens is 340 g/mol. The van der Waals surface area contributed by atoms with E-state index in [1.54, 1.807) is 6.20 Å². The Morgan fingerprint density at radius 2 is 1.85 bits per heavy atom. The van der Waals surface area contributed by atoms with Gasteiger partial charge >= 0.3 is 5.69 Å². The second-order valence-electron chi connectivity index (χ2n) is 5.15. The van der Waals surface area contributed by atoms with Crippen LogP contribution in [-0.2, 0) is 0 Å². The van der Waals surface area contributed by atoms with Crippen molar-refractivity contribution in [1.82, 2.24) is 10.2 Å². The van der Waals surface area contributed by atoms with Crippen molar-refractivity contribution in [2.75, 3.05) is 5.43 Å². The van der Waals surface area contributed by atoms with Crippen molar-refractivity contribution in [2.24, 2.45) is 5.10 Å². The predicted octanol–water partition coefficient (Wildman–Crippen LogP) is 3.34. The van der Waals surface area contributed by atoms with Crippen LogP contribution in [0.5, 0.6) is 0 Å². The Labute approximate surface area is 146 Å². The summed E-state index contributed by atoms with van der Waals surface area (Å²) in [5.41, 5.74) is 4.11. The molecule has 3 aromatic rings. The highest BCUT2D eigenvalue weighted by Gasteiger charge is 2.19. The summed E-state index contributed by atoms with van der Waals surface area (Å²) in [7, 11) is 0. The molecule has 1 aromatic heterocycles. The Kier molecular flexibility index (Phi) is 4.65. The molecule has 0 aliphatic carbocycles. The van der Waals surface area contributed by atoms with Crippen molar-refractivity contribution in [3.63, 3.8) is 0 Å². The summed E-state index contributed by atoms with van der Waals surface area (Å²) in [5, 5.41) is 32.7. The van der Waals surface area contributed by atoms with Crippen LogP contribution in [0.1, 0.15) is 5.56 Å². The Hall–Kier alpha value is -4.08. The zero-order valence-electron chi connectivity index (χ0n) is 13.2. The Morgan fingerprint density at radius 3 is 2.54 bits per heavy atom. The zero-order valence-corrected chi connectivity index (χ0v) is 13.2. The van der Waals surface area contributed by atoms with Gasteiger partial charge in [-0.25, -0.2) is 0 Å². The second kappa shape index (κ2) is 7.21. The van der Waals surface area contributed by atoms with E-state index in [1.807, 2.05) is 30.3 Å². The first kappa shape index (κ1) is 16.8. The molecule has 0 aliphatic rings. The molecule has 0 amide bonds.